The number of halogens is 1. The summed E-state index contributed by atoms with van der Waals surface area (Å²) in [5.74, 6) is 0.0847. The third-order valence-corrected chi connectivity index (χ3v) is 5.97. The molecule has 0 spiro atoms. The second-order valence-electron chi connectivity index (χ2n) is 5.53. The number of nitrogens with zero attached hydrogens (tertiary/aromatic N) is 1. The molecule has 0 fully saturated rings. The molecule has 0 unspecified atom stereocenters. The predicted molar refractivity (Wildman–Crippen MR) is 109 cm³/mol. The number of amides is 1. The lowest BCUT2D eigenvalue weighted by molar-refractivity contribution is 0.102. The first-order chi connectivity index (χ1) is 12.3. The van der Waals surface area contributed by atoms with Crippen LogP contribution in [0, 0.1) is 0 Å². The molecule has 0 atom stereocenters. The summed E-state index contributed by atoms with van der Waals surface area (Å²) in [5, 5.41) is 2.70. The molecule has 27 heavy (non-hydrogen) atoms. The van der Waals surface area contributed by atoms with E-state index in [1.54, 1.807) is 44.2 Å². The van der Waals surface area contributed by atoms with Crippen LogP contribution in [0.3, 0.4) is 0 Å². The molecule has 0 aliphatic heterocycles. The Morgan fingerprint density at radius 2 is 1.81 bits per heavy atom. The van der Waals surface area contributed by atoms with Crippen molar-refractivity contribution in [1.82, 2.24) is 4.31 Å². The van der Waals surface area contributed by atoms with Crippen LogP contribution in [0.1, 0.15) is 24.2 Å². The number of rotatable bonds is 7. The van der Waals surface area contributed by atoms with Gasteiger partial charge in [0.2, 0.25) is 10.0 Å². The van der Waals surface area contributed by atoms with E-state index in [2.05, 4.69) is 5.32 Å². The number of sulfonamides is 1. The Morgan fingerprint density at radius 1 is 1.15 bits per heavy atom. The van der Waals surface area contributed by atoms with Gasteiger partial charge in [-0.1, -0.05) is 19.9 Å². The molecule has 0 aliphatic rings. The smallest absolute Gasteiger partial charge is 0.255 e. The molecular formula is C18H24ClN3O4S. The Bertz CT molecular complexity index is 899. The van der Waals surface area contributed by atoms with Gasteiger partial charge in [0.05, 0.1) is 17.7 Å². The minimum absolute atomic E-state index is 0. The lowest BCUT2D eigenvalue weighted by Gasteiger charge is -2.18. The summed E-state index contributed by atoms with van der Waals surface area (Å²) >= 11 is 0. The highest BCUT2D eigenvalue weighted by Crippen LogP contribution is 2.25. The van der Waals surface area contributed by atoms with Crippen molar-refractivity contribution in [1.29, 1.82) is 0 Å². The van der Waals surface area contributed by atoms with Gasteiger partial charge < -0.3 is 15.8 Å². The molecule has 0 aliphatic carbocycles. The molecule has 0 saturated carbocycles. The van der Waals surface area contributed by atoms with E-state index in [-0.39, 0.29) is 22.9 Å². The minimum atomic E-state index is -3.63. The first-order valence-electron chi connectivity index (χ1n) is 8.18. The third kappa shape index (κ3) is 5.12. The number of methoxy groups -OCH3 is 1. The van der Waals surface area contributed by atoms with E-state index in [1.165, 1.54) is 23.5 Å². The van der Waals surface area contributed by atoms with Crippen LogP contribution in [0.2, 0.25) is 0 Å². The predicted octanol–water partition coefficient (Wildman–Crippen LogP) is 2.98. The van der Waals surface area contributed by atoms with Crippen molar-refractivity contribution in [3.05, 3.63) is 48.0 Å². The first kappa shape index (κ1) is 22.8. The second kappa shape index (κ2) is 9.59. The average Bonchev–Trinajstić information content (AvgIpc) is 2.63. The molecule has 7 nitrogen and oxygen atoms in total. The highest BCUT2D eigenvalue weighted by Gasteiger charge is 2.22. The zero-order chi connectivity index (χ0) is 19.3. The normalized spacial score (nSPS) is 11.0. The molecule has 9 heteroatoms. The molecule has 0 bridgehead atoms. The number of carbonyl (C=O) groups is 1. The molecular weight excluding hydrogens is 390 g/mol. The van der Waals surface area contributed by atoms with Gasteiger partial charge in [-0.25, -0.2) is 8.42 Å². The van der Waals surface area contributed by atoms with E-state index in [0.717, 1.165) is 0 Å². The Kier molecular flexibility index (Phi) is 8.08. The number of nitrogens with two attached hydrogens (primary N) is 1. The lowest BCUT2D eigenvalue weighted by atomic mass is 10.2. The summed E-state index contributed by atoms with van der Waals surface area (Å²) in [7, 11) is -2.12. The van der Waals surface area contributed by atoms with Crippen molar-refractivity contribution >= 4 is 39.7 Å². The molecule has 2 aromatic rings. The van der Waals surface area contributed by atoms with Crippen LogP contribution in [0.5, 0.6) is 5.75 Å². The molecule has 2 rings (SSSR count). The number of nitrogen functional groups attached to an aromatic ring is 1. The van der Waals surface area contributed by atoms with E-state index in [4.69, 9.17) is 10.5 Å². The standard InChI is InChI=1S/C18H23N3O4S.ClH/c1-4-21(5-2)26(23,24)15-8-6-7-13(11-15)18(22)20-14-9-10-17(25-3)16(19)12-14;/h6-12H,4-5,19H2,1-3H3,(H,20,22);1H. The highest BCUT2D eigenvalue weighted by atomic mass is 35.5. The minimum Gasteiger partial charge on any atom is -0.495 e. The molecule has 2 aromatic carbocycles. The monoisotopic (exact) mass is 413 g/mol. The SMILES string of the molecule is CCN(CC)S(=O)(=O)c1cccc(C(=O)Nc2ccc(OC)c(N)c2)c1.Cl. The molecule has 148 valence electrons. The van der Waals surface area contributed by atoms with Crippen LogP contribution in [0.25, 0.3) is 0 Å². The largest absolute Gasteiger partial charge is 0.495 e. The molecule has 1 amide bonds. The third-order valence-electron chi connectivity index (χ3n) is 3.93. The Hall–Kier alpha value is -2.29. The van der Waals surface area contributed by atoms with Crippen LogP contribution < -0.4 is 15.8 Å². The molecule has 0 radical (unpaired) electrons. The van der Waals surface area contributed by atoms with E-state index < -0.39 is 15.9 Å². The fraction of sp³-hybridized carbons (Fsp3) is 0.278. The number of ether oxygens (including phenoxy) is 1. The average molecular weight is 414 g/mol. The van der Waals surface area contributed by atoms with E-state index >= 15 is 0 Å². The summed E-state index contributed by atoms with van der Waals surface area (Å²) in [4.78, 5) is 12.6. The second-order valence-corrected chi connectivity index (χ2v) is 7.47. The first-order valence-corrected chi connectivity index (χ1v) is 9.62. The number of nitrogens with one attached hydrogen (secondary N) is 1. The van der Waals surface area contributed by atoms with Crippen LogP contribution in [-0.2, 0) is 10.0 Å². The maximum atomic E-state index is 12.6. The van der Waals surface area contributed by atoms with Gasteiger partial charge in [0.1, 0.15) is 5.75 Å². The number of hydrogen-bond donors (Lipinski definition) is 2. The molecule has 0 aromatic heterocycles. The van der Waals surface area contributed by atoms with Crippen molar-refractivity contribution < 1.29 is 17.9 Å². The Morgan fingerprint density at radius 3 is 2.37 bits per heavy atom. The van der Waals surface area contributed by atoms with Gasteiger partial charge in [0.15, 0.2) is 0 Å². The number of carbonyl (C=O) groups excluding carboxylic acids is 1. The van der Waals surface area contributed by atoms with E-state index in [1.807, 2.05) is 0 Å². The summed E-state index contributed by atoms with van der Waals surface area (Å²) in [6.07, 6.45) is 0. The van der Waals surface area contributed by atoms with Gasteiger partial charge in [0.25, 0.3) is 5.91 Å². The van der Waals surface area contributed by atoms with Gasteiger partial charge in [-0.3, -0.25) is 4.79 Å². The maximum Gasteiger partial charge on any atom is 0.255 e. The van der Waals surface area contributed by atoms with Crippen LogP contribution in [0.15, 0.2) is 47.4 Å². The summed E-state index contributed by atoms with van der Waals surface area (Å²) in [6.45, 7) is 4.26. The lowest BCUT2D eigenvalue weighted by Crippen LogP contribution is -2.30. The summed E-state index contributed by atoms with van der Waals surface area (Å²) < 4.78 is 31.6. The molecule has 0 saturated heterocycles. The topological polar surface area (TPSA) is 102 Å². The fourth-order valence-electron chi connectivity index (χ4n) is 2.53. The van der Waals surface area contributed by atoms with Crippen LogP contribution in [-0.4, -0.2) is 38.8 Å². The zero-order valence-corrected chi connectivity index (χ0v) is 17.1. The number of anilines is 2. The number of hydrogen-bond acceptors (Lipinski definition) is 5. The van der Waals surface area contributed by atoms with Gasteiger partial charge in [-0.2, -0.15) is 4.31 Å². The molecule has 0 heterocycles. The zero-order valence-electron chi connectivity index (χ0n) is 15.4. The van der Waals surface area contributed by atoms with Crippen LogP contribution >= 0.6 is 12.4 Å². The summed E-state index contributed by atoms with van der Waals surface area (Å²) in [5.41, 5.74) is 6.96. The van der Waals surface area contributed by atoms with Gasteiger partial charge in [0, 0.05) is 24.3 Å². The van der Waals surface area contributed by atoms with Gasteiger partial charge >= 0.3 is 0 Å². The van der Waals surface area contributed by atoms with E-state index in [9.17, 15) is 13.2 Å². The van der Waals surface area contributed by atoms with E-state index in [0.29, 0.717) is 30.2 Å². The van der Waals surface area contributed by atoms with Crippen molar-refractivity contribution in [2.75, 3.05) is 31.2 Å². The number of benzene rings is 2. The van der Waals surface area contributed by atoms with Crippen molar-refractivity contribution in [3.63, 3.8) is 0 Å². The maximum absolute atomic E-state index is 12.6. The van der Waals surface area contributed by atoms with Crippen molar-refractivity contribution in [2.24, 2.45) is 0 Å². The Balaban J connectivity index is 0.00000364. The highest BCUT2D eigenvalue weighted by molar-refractivity contribution is 7.89. The quantitative estimate of drug-likeness (QED) is 0.679. The fourth-order valence-corrected chi connectivity index (χ4v) is 4.03. The van der Waals surface area contributed by atoms with Gasteiger partial charge in [-0.05, 0) is 36.4 Å². The van der Waals surface area contributed by atoms with Gasteiger partial charge in [-0.15, -0.1) is 12.4 Å². The van der Waals surface area contributed by atoms with Crippen molar-refractivity contribution in [3.8, 4) is 5.75 Å². The Labute approximate surface area is 166 Å². The van der Waals surface area contributed by atoms with Crippen LogP contribution in [0.4, 0.5) is 11.4 Å². The molecule has 3 N–H and O–H groups in total. The summed E-state index contributed by atoms with van der Waals surface area (Å²) in [6, 6.07) is 10.8. The van der Waals surface area contributed by atoms with Crippen molar-refractivity contribution in [2.45, 2.75) is 18.7 Å².